The summed E-state index contributed by atoms with van der Waals surface area (Å²) in [5, 5.41) is 10.4. The van der Waals surface area contributed by atoms with E-state index in [1.807, 2.05) is 12.1 Å². The van der Waals surface area contributed by atoms with E-state index in [-0.39, 0.29) is 22.8 Å². The maximum absolute atomic E-state index is 12.2. The van der Waals surface area contributed by atoms with Crippen LogP contribution in [0.4, 0.5) is 0 Å². The standard InChI is InChI=1S/C21H27N3O4S/c1-14(16-6-5-7-18(12-16)29(22,27)28)24-19(25)13-23-20(26)15-8-10-17(11-9-15)21(2,3)4/h5-12,14H,13H2,1-4H3,(H,23,26)(H,24,25)(H2,22,27,28). The van der Waals surface area contributed by atoms with Crippen LogP contribution in [0.1, 0.15) is 55.2 Å². The van der Waals surface area contributed by atoms with Crippen LogP contribution >= 0.6 is 0 Å². The minimum atomic E-state index is -3.82. The van der Waals surface area contributed by atoms with E-state index in [0.29, 0.717) is 11.1 Å². The van der Waals surface area contributed by atoms with Crippen molar-refractivity contribution in [1.29, 1.82) is 0 Å². The molecule has 156 valence electrons. The van der Waals surface area contributed by atoms with Gasteiger partial charge in [-0.15, -0.1) is 0 Å². The van der Waals surface area contributed by atoms with Gasteiger partial charge in [0.2, 0.25) is 15.9 Å². The van der Waals surface area contributed by atoms with Crippen molar-refractivity contribution in [2.24, 2.45) is 5.14 Å². The van der Waals surface area contributed by atoms with E-state index in [9.17, 15) is 18.0 Å². The van der Waals surface area contributed by atoms with Gasteiger partial charge in [0.25, 0.3) is 5.91 Å². The highest BCUT2D eigenvalue weighted by molar-refractivity contribution is 7.89. The van der Waals surface area contributed by atoms with Crippen LogP contribution in [-0.2, 0) is 20.2 Å². The van der Waals surface area contributed by atoms with E-state index in [4.69, 9.17) is 5.14 Å². The first kappa shape index (κ1) is 22.6. The summed E-state index contributed by atoms with van der Waals surface area (Å²) in [4.78, 5) is 24.4. The molecule has 0 saturated heterocycles. The summed E-state index contributed by atoms with van der Waals surface area (Å²) in [5.41, 5.74) is 2.17. The minimum absolute atomic E-state index is 0.00837. The maximum atomic E-state index is 12.2. The summed E-state index contributed by atoms with van der Waals surface area (Å²) in [6.45, 7) is 7.79. The topological polar surface area (TPSA) is 118 Å². The summed E-state index contributed by atoms with van der Waals surface area (Å²) < 4.78 is 22.9. The van der Waals surface area contributed by atoms with E-state index in [1.165, 1.54) is 12.1 Å². The number of nitrogens with one attached hydrogen (secondary N) is 2. The monoisotopic (exact) mass is 417 g/mol. The molecule has 0 radical (unpaired) electrons. The van der Waals surface area contributed by atoms with Gasteiger partial charge in [-0.2, -0.15) is 0 Å². The van der Waals surface area contributed by atoms with Gasteiger partial charge in [0.05, 0.1) is 17.5 Å². The average Bonchev–Trinajstić information content (AvgIpc) is 2.65. The summed E-state index contributed by atoms with van der Waals surface area (Å²) in [7, 11) is -3.82. The molecule has 8 heteroatoms. The lowest BCUT2D eigenvalue weighted by Gasteiger charge is -2.19. The number of nitrogens with two attached hydrogens (primary N) is 1. The fraction of sp³-hybridized carbons (Fsp3) is 0.333. The molecule has 0 spiro atoms. The Bertz CT molecular complexity index is 993. The third-order valence-corrected chi connectivity index (χ3v) is 5.40. The molecule has 2 rings (SSSR count). The molecule has 0 aliphatic rings. The lowest BCUT2D eigenvalue weighted by atomic mass is 9.87. The van der Waals surface area contributed by atoms with E-state index in [0.717, 1.165) is 5.56 Å². The Morgan fingerprint density at radius 3 is 2.24 bits per heavy atom. The van der Waals surface area contributed by atoms with Crippen LogP contribution in [0.15, 0.2) is 53.4 Å². The quantitative estimate of drug-likeness (QED) is 0.668. The highest BCUT2D eigenvalue weighted by Gasteiger charge is 2.16. The Hall–Kier alpha value is -2.71. The highest BCUT2D eigenvalue weighted by Crippen LogP contribution is 2.22. The number of primary sulfonamides is 1. The van der Waals surface area contributed by atoms with Gasteiger partial charge in [-0.1, -0.05) is 45.0 Å². The molecule has 0 fully saturated rings. The number of hydrogen-bond donors (Lipinski definition) is 3. The third kappa shape index (κ3) is 6.40. The predicted octanol–water partition coefficient (Wildman–Crippen LogP) is 2.24. The van der Waals surface area contributed by atoms with Crippen molar-refractivity contribution in [2.75, 3.05) is 6.54 Å². The van der Waals surface area contributed by atoms with Gasteiger partial charge in [0.15, 0.2) is 0 Å². The fourth-order valence-electron chi connectivity index (χ4n) is 2.72. The van der Waals surface area contributed by atoms with Gasteiger partial charge in [0.1, 0.15) is 0 Å². The Morgan fingerprint density at radius 2 is 1.69 bits per heavy atom. The van der Waals surface area contributed by atoms with Crippen molar-refractivity contribution in [1.82, 2.24) is 10.6 Å². The summed E-state index contributed by atoms with van der Waals surface area (Å²) in [6.07, 6.45) is 0. The molecule has 0 aromatic heterocycles. The zero-order valence-electron chi connectivity index (χ0n) is 17.0. The van der Waals surface area contributed by atoms with Crippen LogP contribution < -0.4 is 15.8 Å². The van der Waals surface area contributed by atoms with Gasteiger partial charge in [0, 0.05) is 5.56 Å². The summed E-state index contributed by atoms with van der Waals surface area (Å²) in [6, 6.07) is 12.9. The molecule has 0 bridgehead atoms. The molecule has 29 heavy (non-hydrogen) atoms. The van der Waals surface area contributed by atoms with Crippen molar-refractivity contribution in [3.8, 4) is 0 Å². The molecule has 7 nitrogen and oxygen atoms in total. The molecular weight excluding hydrogens is 390 g/mol. The van der Waals surface area contributed by atoms with Crippen molar-refractivity contribution in [2.45, 2.75) is 44.0 Å². The minimum Gasteiger partial charge on any atom is -0.348 e. The molecule has 2 aromatic rings. The number of rotatable bonds is 6. The van der Waals surface area contributed by atoms with Crippen molar-refractivity contribution in [3.63, 3.8) is 0 Å². The molecule has 0 heterocycles. The Labute approximate surface area is 171 Å². The molecule has 2 aromatic carbocycles. The molecule has 2 amide bonds. The molecule has 1 atom stereocenters. The van der Waals surface area contributed by atoms with E-state index in [2.05, 4.69) is 31.4 Å². The molecule has 4 N–H and O–H groups in total. The smallest absolute Gasteiger partial charge is 0.251 e. The summed E-state index contributed by atoms with van der Waals surface area (Å²) >= 11 is 0. The molecule has 1 unspecified atom stereocenters. The van der Waals surface area contributed by atoms with Gasteiger partial charge < -0.3 is 10.6 Å². The van der Waals surface area contributed by atoms with E-state index >= 15 is 0 Å². The molecule has 0 aliphatic carbocycles. The number of carbonyl (C=O) groups excluding carboxylic acids is 2. The van der Waals surface area contributed by atoms with Gasteiger partial charge in [-0.05, 0) is 47.7 Å². The molecule has 0 aliphatic heterocycles. The fourth-order valence-corrected chi connectivity index (χ4v) is 3.29. The number of amides is 2. The lowest BCUT2D eigenvalue weighted by Crippen LogP contribution is -2.38. The van der Waals surface area contributed by atoms with Crippen LogP contribution in [0, 0.1) is 0 Å². The van der Waals surface area contributed by atoms with Crippen LogP contribution in [0.25, 0.3) is 0 Å². The highest BCUT2D eigenvalue weighted by atomic mass is 32.2. The second-order valence-electron chi connectivity index (χ2n) is 7.92. The van der Waals surface area contributed by atoms with Crippen molar-refractivity contribution >= 4 is 21.8 Å². The number of sulfonamides is 1. The third-order valence-electron chi connectivity index (χ3n) is 4.49. The first-order chi connectivity index (χ1) is 13.4. The number of benzene rings is 2. The van der Waals surface area contributed by atoms with Gasteiger partial charge in [-0.3, -0.25) is 9.59 Å². The van der Waals surface area contributed by atoms with Crippen molar-refractivity contribution in [3.05, 3.63) is 65.2 Å². The number of carbonyl (C=O) groups is 2. The first-order valence-corrected chi connectivity index (χ1v) is 10.7. The van der Waals surface area contributed by atoms with E-state index < -0.39 is 22.0 Å². The first-order valence-electron chi connectivity index (χ1n) is 9.19. The Balaban J connectivity index is 1.93. The number of hydrogen-bond acceptors (Lipinski definition) is 4. The van der Waals surface area contributed by atoms with E-state index in [1.54, 1.807) is 31.2 Å². The Morgan fingerprint density at radius 1 is 1.07 bits per heavy atom. The normalized spacial score (nSPS) is 12.9. The van der Waals surface area contributed by atoms with Crippen LogP contribution in [0.5, 0.6) is 0 Å². The van der Waals surface area contributed by atoms with Gasteiger partial charge in [-0.25, -0.2) is 13.6 Å². The zero-order chi connectivity index (χ0) is 21.8. The van der Waals surface area contributed by atoms with Crippen LogP contribution in [-0.4, -0.2) is 26.8 Å². The molecule has 0 saturated carbocycles. The average molecular weight is 418 g/mol. The second-order valence-corrected chi connectivity index (χ2v) is 9.48. The largest absolute Gasteiger partial charge is 0.348 e. The molecular formula is C21H27N3O4S. The van der Waals surface area contributed by atoms with Gasteiger partial charge >= 0.3 is 0 Å². The van der Waals surface area contributed by atoms with Crippen molar-refractivity contribution < 1.29 is 18.0 Å². The zero-order valence-corrected chi connectivity index (χ0v) is 17.8. The predicted molar refractivity (Wildman–Crippen MR) is 112 cm³/mol. The van der Waals surface area contributed by atoms with Crippen LogP contribution in [0.3, 0.4) is 0 Å². The Kier molecular flexibility index (Phi) is 6.81. The maximum Gasteiger partial charge on any atom is 0.251 e. The summed E-state index contributed by atoms with van der Waals surface area (Å²) in [5.74, 6) is -0.734. The second kappa shape index (κ2) is 8.75. The van der Waals surface area contributed by atoms with Crippen LogP contribution in [0.2, 0.25) is 0 Å². The lowest BCUT2D eigenvalue weighted by molar-refractivity contribution is -0.120. The SMILES string of the molecule is CC(NC(=O)CNC(=O)c1ccc(C(C)(C)C)cc1)c1cccc(S(N)(=O)=O)c1.